The lowest BCUT2D eigenvalue weighted by atomic mass is 9.96. The van der Waals surface area contributed by atoms with Gasteiger partial charge in [0.15, 0.2) is 5.58 Å². The molecule has 0 fully saturated rings. The van der Waals surface area contributed by atoms with E-state index in [1.54, 1.807) is 25.1 Å². The molecule has 0 saturated carbocycles. The zero-order valence-electron chi connectivity index (χ0n) is 8.69. The fourth-order valence-corrected chi connectivity index (χ4v) is 1.73. The van der Waals surface area contributed by atoms with Crippen LogP contribution in [0.25, 0.3) is 11.1 Å². The molecule has 0 bridgehead atoms. The number of aliphatic carboxylic acids is 1. The fraction of sp³-hybridized carbons (Fsp3) is 0.273. The predicted molar refractivity (Wildman–Crippen MR) is 57.5 cm³/mol. The molecule has 16 heavy (non-hydrogen) atoms. The first-order valence-electron chi connectivity index (χ1n) is 4.97. The van der Waals surface area contributed by atoms with Crippen molar-refractivity contribution in [2.45, 2.75) is 19.3 Å². The number of benzene rings is 1. The van der Waals surface area contributed by atoms with Crippen molar-refractivity contribution in [2.75, 3.05) is 0 Å². The highest BCUT2D eigenvalue weighted by Gasteiger charge is 2.18. The second-order valence-electron chi connectivity index (χ2n) is 3.57. The van der Waals surface area contributed by atoms with E-state index in [0.717, 1.165) is 0 Å². The summed E-state index contributed by atoms with van der Waals surface area (Å²) >= 11 is 0. The van der Waals surface area contributed by atoms with Gasteiger partial charge in [0.25, 0.3) is 0 Å². The van der Waals surface area contributed by atoms with Crippen LogP contribution in [0.4, 0.5) is 0 Å². The summed E-state index contributed by atoms with van der Waals surface area (Å²) in [7, 11) is 0. The molecule has 2 aromatic rings. The molecule has 0 aliphatic heterocycles. The molecule has 2 N–H and O–H groups in total. The molecule has 0 saturated heterocycles. The normalized spacial score (nSPS) is 12.8. The Labute approximate surface area is 90.7 Å². The molecule has 0 amide bonds. The molecular formula is C11H11NO4. The van der Waals surface area contributed by atoms with E-state index in [0.29, 0.717) is 23.1 Å². The second-order valence-corrected chi connectivity index (χ2v) is 3.57. The Morgan fingerprint density at radius 3 is 2.94 bits per heavy atom. The Balaban J connectivity index is 2.53. The van der Waals surface area contributed by atoms with Gasteiger partial charge in [-0.3, -0.25) is 9.78 Å². The molecule has 1 atom stereocenters. The van der Waals surface area contributed by atoms with Crippen LogP contribution in [0.2, 0.25) is 0 Å². The van der Waals surface area contributed by atoms with Crippen molar-refractivity contribution in [1.29, 1.82) is 0 Å². The maximum Gasteiger partial charge on any atom is 0.417 e. The van der Waals surface area contributed by atoms with Gasteiger partial charge < -0.3 is 9.52 Å². The number of aromatic nitrogens is 1. The van der Waals surface area contributed by atoms with Crippen molar-refractivity contribution in [3.8, 4) is 0 Å². The number of aromatic amines is 1. The number of hydrogen-bond donors (Lipinski definition) is 2. The van der Waals surface area contributed by atoms with Gasteiger partial charge in [0.1, 0.15) is 0 Å². The number of nitrogens with one attached hydrogen (secondary N) is 1. The predicted octanol–water partition coefficient (Wildman–Crippen LogP) is 1.70. The lowest BCUT2D eigenvalue weighted by Gasteiger charge is -2.08. The molecule has 1 unspecified atom stereocenters. The van der Waals surface area contributed by atoms with Gasteiger partial charge in [0, 0.05) is 0 Å². The third kappa shape index (κ3) is 1.71. The highest BCUT2D eigenvalue weighted by Crippen LogP contribution is 2.23. The largest absolute Gasteiger partial charge is 0.481 e. The van der Waals surface area contributed by atoms with Gasteiger partial charge in [-0.25, -0.2) is 4.79 Å². The van der Waals surface area contributed by atoms with E-state index in [2.05, 4.69) is 4.98 Å². The minimum Gasteiger partial charge on any atom is -0.481 e. The summed E-state index contributed by atoms with van der Waals surface area (Å²) in [6.45, 7) is 1.80. The van der Waals surface area contributed by atoms with Gasteiger partial charge >= 0.3 is 11.7 Å². The summed E-state index contributed by atoms with van der Waals surface area (Å²) in [6.07, 6.45) is 0.496. The Morgan fingerprint density at radius 1 is 1.56 bits per heavy atom. The molecule has 2 rings (SSSR count). The van der Waals surface area contributed by atoms with E-state index < -0.39 is 17.6 Å². The molecule has 0 aliphatic rings. The van der Waals surface area contributed by atoms with Crippen molar-refractivity contribution >= 4 is 17.1 Å². The smallest absolute Gasteiger partial charge is 0.417 e. The van der Waals surface area contributed by atoms with Crippen LogP contribution in [-0.2, 0) is 4.79 Å². The van der Waals surface area contributed by atoms with E-state index in [-0.39, 0.29) is 0 Å². The number of rotatable bonds is 3. The first-order chi connectivity index (χ1) is 7.61. The van der Waals surface area contributed by atoms with Gasteiger partial charge in [0.05, 0.1) is 11.4 Å². The highest BCUT2D eigenvalue weighted by molar-refractivity contribution is 5.79. The number of hydrogen-bond acceptors (Lipinski definition) is 3. The van der Waals surface area contributed by atoms with Crippen LogP contribution in [0.1, 0.15) is 24.8 Å². The fourth-order valence-electron chi connectivity index (χ4n) is 1.73. The topological polar surface area (TPSA) is 83.3 Å². The average Bonchev–Trinajstić information content (AvgIpc) is 2.57. The van der Waals surface area contributed by atoms with E-state index in [1.165, 1.54) is 0 Å². The molecule has 0 radical (unpaired) electrons. The van der Waals surface area contributed by atoms with E-state index in [9.17, 15) is 9.59 Å². The summed E-state index contributed by atoms with van der Waals surface area (Å²) in [5.41, 5.74) is 1.61. The quantitative estimate of drug-likeness (QED) is 0.826. The SMILES string of the molecule is CCC(C(=O)O)c1ccc2[nH]c(=O)oc2c1. The Bertz CT molecular complexity index is 581. The third-order valence-corrected chi connectivity index (χ3v) is 2.55. The van der Waals surface area contributed by atoms with Crippen molar-refractivity contribution < 1.29 is 14.3 Å². The van der Waals surface area contributed by atoms with E-state index in [4.69, 9.17) is 9.52 Å². The highest BCUT2D eigenvalue weighted by atomic mass is 16.4. The summed E-state index contributed by atoms with van der Waals surface area (Å²) in [6, 6.07) is 4.94. The zero-order chi connectivity index (χ0) is 11.7. The zero-order valence-corrected chi connectivity index (χ0v) is 8.69. The number of H-pyrrole nitrogens is 1. The summed E-state index contributed by atoms with van der Waals surface area (Å²) in [4.78, 5) is 24.4. The van der Waals surface area contributed by atoms with Gasteiger partial charge in [-0.1, -0.05) is 13.0 Å². The maximum absolute atomic E-state index is 11.0. The van der Waals surface area contributed by atoms with Crippen molar-refractivity contribution in [3.05, 3.63) is 34.3 Å². The Morgan fingerprint density at radius 2 is 2.31 bits per heavy atom. The first-order valence-corrected chi connectivity index (χ1v) is 4.97. The van der Waals surface area contributed by atoms with Crippen LogP contribution in [0.5, 0.6) is 0 Å². The van der Waals surface area contributed by atoms with Crippen molar-refractivity contribution in [3.63, 3.8) is 0 Å². The van der Waals surface area contributed by atoms with E-state index >= 15 is 0 Å². The summed E-state index contributed by atoms with van der Waals surface area (Å²) < 4.78 is 4.88. The number of carbonyl (C=O) groups is 1. The Hall–Kier alpha value is -2.04. The van der Waals surface area contributed by atoms with Gasteiger partial charge in [-0.05, 0) is 24.1 Å². The molecule has 5 heteroatoms. The van der Waals surface area contributed by atoms with Gasteiger partial charge in [0.2, 0.25) is 0 Å². The van der Waals surface area contributed by atoms with Gasteiger partial charge in [-0.15, -0.1) is 0 Å². The van der Waals surface area contributed by atoms with Crippen LogP contribution in [-0.4, -0.2) is 16.1 Å². The number of oxazole rings is 1. The third-order valence-electron chi connectivity index (χ3n) is 2.55. The van der Waals surface area contributed by atoms with Crippen LogP contribution >= 0.6 is 0 Å². The lowest BCUT2D eigenvalue weighted by Crippen LogP contribution is -2.10. The van der Waals surface area contributed by atoms with Gasteiger partial charge in [-0.2, -0.15) is 0 Å². The minimum absolute atomic E-state index is 0.391. The van der Waals surface area contributed by atoms with E-state index in [1.807, 2.05) is 0 Å². The molecule has 1 aromatic carbocycles. The van der Waals surface area contributed by atoms with Crippen LogP contribution in [0.3, 0.4) is 0 Å². The van der Waals surface area contributed by atoms with Crippen LogP contribution in [0, 0.1) is 0 Å². The molecule has 5 nitrogen and oxygen atoms in total. The average molecular weight is 221 g/mol. The van der Waals surface area contributed by atoms with Crippen LogP contribution in [0.15, 0.2) is 27.4 Å². The van der Waals surface area contributed by atoms with Crippen molar-refractivity contribution in [2.24, 2.45) is 0 Å². The molecule has 0 spiro atoms. The maximum atomic E-state index is 11.0. The molecule has 84 valence electrons. The second kappa shape index (κ2) is 3.84. The van der Waals surface area contributed by atoms with Crippen LogP contribution < -0.4 is 5.76 Å². The number of carboxylic acid groups (broad SMARTS) is 1. The molecular weight excluding hydrogens is 210 g/mol. The molecule has 1 heterocycles. The monoisotopic (exact) mass is 221 g/mol. The van der Waals surface area contributed by atoms with Crippen molar-refractivity contribution in [1.82, 2.24) is 4.98 Å². The number of fused-ring (bicyclic) bond motifs is 1. The first kappa shape index (κ1) is 10.5. The summed E-state index contributed by atoms with van der Waals surface area (Å²) in [5, 5.41) is 9.00. The molecule has 0 aliphatic carbocycles. The standard InChI is InChI=1S/C11H11NO4/c1-2-7(10(13)14)6-3-4-8-9(5-6)16-11(15)12-8/h3-5,7H,2H2,1H3,(H,12,15)(H,13,14). The number of carboxylic acids is 1. The summed E-state index contributed by atoms with van der Waals surface area (Å²) in [5.74, 6) is -1.97. The Kier molecular flexibility index (Phi) is 2.52. The minimum atomic E-state index is -0.875. The lowest BCUT2D eigenvalue weighted by molar-refractivity contribution is -0.138. The molecule has 1 aromatic heterocycles.